The second-order valence-electron chi connectivity index (χ2n) is 6.09. The van der Waals surface area contributed by atoms with E-state index in [0.717, 1.165) is 16.7 Å². The lowest BCUT2D eigenvalue weighted by Crippen LogP contribution is -2.69. The summed E-state index contributed by atoms with van der Waals surface area (Å²) in [6.45, 7) is 17.2. The molecule has 6 heteroatoms. The molecular formula is C14H35O3PSi2. The van der Waals surface area contributed by atoms with Crippen LogP contribution in [0.5, 0.6) is 0 Å². The number of rotatable bonds is 10. The summed E-state index contributed by atoms with van der Waals surface area (Å²) in [6.07, 6.45) is 1.15. The van der Waals surface area contributed by atoms with Crippen LogP contribution in [-0.4, -0.2) is 43.3 Å². The molecule has 0 aromatic rings. The molecular weight excluding hydrogens is 303 g/mol. The summed E-state index contributed by atoms with van der Waals surface area (Å²) < 4.78 is 18.4. The Balaban J connectivity index is 5.71. The van der Waals surface area contributed by atoms with E-state index in [4.69, 9.17) is 13.3 Å². The smallest absolute Gasteiger partial charge is 0.373 e. The van der Waals surface area contributed by atoms with Crippen LogP contribution in [0.15, 0.2) is 0 Å². The molecule has 0 saturated heterocycles. The minimum atomic E-state index is -2.71. The lowest BCUT2D eigenvalue weighted by Gasteiger charge is -2.52. The van der Waals surface area contributed by atoms with Gasteiger partial charge in [-0.05, 0) is 32.1 Å². The Morgan fingerprint density at radius 3 is 1.60 bits per heavy atom. The van der Waals surface area contributed by atoms with Gasteiger partial charge in [0.05, 0.1) is 0 Å². The lowest BCUT2D eigenvalue weighted by atomic mass is 9.79. The standard InChI is InChI=1S/C14H35O3PSi2/c1-8-12(5)13(6,7)14(18,19)20(15-9-2,16-10-3)17-11-4/h12H,8-11,18H2,1-7,19H3. The first-order chi connectivity index (χ1) is 9.16. The minimum Gasteiger partial charge on any atom is -0.373 e. The minimum absolute atomic E-state index is 0.0859. The van der Waals surface area contributed by atoms with Crippen molar-refractivity contribution in [1.82, 2.24) is 0 Å². The van der Waals surface area contributed by atoms with Gasteiger partial charge in [-0.25, -0.2) is 0 Å². The summed E-state index contributed by atoms with van der Waals surface area (Å²) in [7, 11) is 1.32. The van der Waals surface area contributed by atoms with Crippen LogP contribution in [-0.2, 0) is 13.3 Å². The molecule has 3 unspecified atom stereocenters. The van der Waals surface area contributed by atoms with Crippen LogP contribution in [0.1, 0.15) is 54.9 Å². The van der Waals surface area contributed by atoms with E-state index < -0.39 is 8.80 Å². The summed E-state index contributed by atoms with van der Waals surface area (Å²) >= 11 is 0. The molecule has 0 aliphatic carbocycles. The highest BCUT2D eigenvalue weighted by molar-refractivity contribution is 7.29. The molecule has 0 aliphatic heterocycles. The SMILES string of the molecule is CCO[Si](OCC)(OCC)C([SiH3])(P)C(C)(C)C(C)CC. The zero-order chi connectivity index (χ0) is 16.0. The van der Waals surface area contributed by atoms with Gasteiger partial charge in [0.1, 0.15) is 0 Å². The van der Waals surface area contributed by atoms with Crippen LogP contribution in [0.4, 0.5) is 0 Å². The van der Waals surface area contributed by atoms with Crippen molar-refractivity contribution in [3.8, 4) is 0 Å². The third-order valence-electron chi connectivity index (χ3n) is 4.82. The molecule has 3 nitrogen and oxygen atoms in total. The van der Waals surface area contributed by atoms with Crippen LogP contribution in [0.2, 0.25) is 0 Å². The molecule has 0 aromatic carbocycles. The normalized spacial score (nSPS) is 18.0. The Kier molecular flexibility index (Phi) is 8.71. The van der Waals surface area contributed by atoms with Gasteiger partial charge < -0.3 is 13.3 Å². The van der Waals surface area contributed by atoms with Crippen LogP contribution in [0.3, 0.4) is 0 Å². The maximum Gasteiger partial charge on any atom is 0.508 e. The van der Waals surface area contributed by atoms with Gasteiger partial charge in [-0.1, -0.05) is 34.1 Å². The average molecular weight is 339 g/mol. The van der Waals surface area contributed by atoms with Gasteiger partial charge in [0.2, 0.25) is 0 Å². The molecule has 3 atom stereocenters. The molecule has 0 rings (SSSR count). The molecule has 0 spiro atoms. The predicted molar refractivity (Wildman–Crippen MR) is 96.2 cm³/mol. The predicted octanol–water partition coefficient (Wildman–Crippen LogP) is 2.58. The van der Waals surface area contributed by atoms with E-state index in [2.05, 4.69) is 36.9 Å². The van der Waals surface area contributed by atoms with E-state index in [1.54, 1.807) is 0 Å². The molecule has 0 fully saturated rings. The average Bonchev–Trinajstić information content (AvgIpc) is 2.38. The quantitative estimate of drug-likeness (QED) is 0.453. The van der Waals surface area contributed by atoms with Crippen LogP contribution < -0.4 is 0 Å². The Hall–Kier alpha value is 0.744. The van der Waals surface area contributed by atoms with E-state index in [0.29, 0.717) is 25.7 Å². The third-order valence-corrected chi connectivity index (χ3v) is 13.7. The monoisotopic (exact) mass is 338 g/mol. The maximum absolute atomic E-state index is 6.16. The molecule has 0 N–H and O–H groups in total. The van der Waals surface area contributed by atoms with Gasteiger partial charge in [-0.15, -0.1) is 9.24 Å². The van der Waals surface area contributed by atoms with Crippen LogP contribution in [0.25, 0.3) is 0 Å². The zero-order valence-corrected chi connectivity index (χ0v) is 18.9. The zero-order valence-electron chi connectivity index (χ0n) is 14.7. The maximum atomic E-state index is 6.16. The summed E-state index contributed by atoms with van der Waals surface area (Å²) in [4.78, 5) is 0. The Bertz CT molecular complexity index is 269. The molecule has 0 aromatic heterocycles. The molecule has 0 amide bonds. The van der Waals surface area contributed by atoms with E-state index >= 15 is 0 Å². The first-order valence-electron chi connectivity index (χ1n) is 7.87. The number of hydrogen-bond donors (Lipinski definition) is 0. The van der Waals surface area contributed by atoms with Gasteiger partial charge >= 0.3 is 8.80 Å². The van der Waals surface area contributed by atoms with Crippen molar-refractivity contribution in [2.75, 3.05) is 19.8 Å². The third kappa shape index (κ3) is 3.93. The molecule has 0 saturated carbocycles. The highest BCUT2D eigenvalue weighted by Gasteiger charge is 2.62. The summed E-state index contributed by atoms with van der Waals surface area (Å²) in [5, 5.41) is 0. The summed E-state index contributed by atoms with van der Waals surface area (Å²) in [6, 6.07) is 0. The fourth-order valence-electron chi connectivity index (χ4n) is 2.56. The topological polar surface area (TPSA) is 27.7 Å². The molecule has 0 aliphatic rings. The largest absolute Gasteiger partial charge is 0.508 e. The highest BCUT2D eigenvalue weighted by Crippen LogP contribution is 2.49. The fraction of sp³-hybridized carbons (Fsp3) is 1.00. The Morgan fingerprint density at radius 2 is 1.35 bits per heavy atom. The Labute approximate surface area is 132 Å². The van der Waals surface area contributed by atoms with E-state index in [9.17, 15) is 0 Å². The van der Waals surface area contributed by atoms with Gasteiger partial charge in [0.25, 0.3) is 0 Å². The van der Waals surface area contributed by atoms with Crippen molar-refractivity contribution in [3.05, 3.63) is 0 Å². The van der Waals surface area contributed by atoms with Gasteiger partial charge in [-0.2, -0.15) is 0 Å². The molecule has 0 bridgehead atoms. The molecule has 0 heterocycles. The van der Waals surface area contributed by atoms with Crippen LogP contribution in [0, 0.1) is 11.3 Å². The first-order valence-corrected chi connectivity index (χ1v) is 11.2. The van der Waals surface area contributed by atoms with Crippen molar-refractivity contribution in [2.45, 2.75) is 59.3 Å². The summed E-state index contributed by atoms with van der Waals surface area (Å²) in [5.41, 5.74) is 0.102. The van der Waals surface area contributed by atoms with Crippen molar-refractivity contribution < 1.29 is 13.3 Å². The van der Waals surface area contributed by atoms with Crippen molar-refractivity contribution >= 4 is 28.3 Å². The summed E-state index contributed by atoms with van der Waals surface area (Å²) in [5.74, 6) is 0.589. The lowest BCUT2D eigenvalue weighted by molar-refractivity contribution is 0.0436. The highest BCUT2D eigenvalue weighted by atomic mass is 31.0. The van der Waals surface area contributed by atoms with Crippen molar-refractivity contribution in [1.29, 1.82) is 0 Å². The molecule has 0 radical (unpaired) electrons. The van der Waals surface area contributed by atoms with Gasteiger partial charge in [0, 0.05) is 34.5 Å². The van der Waals surface area contributed by atoms with Crippen LogP contribution >= 0.6 is 9.24 Å². The second kappa shape index (κ2) is 8.40. The molecule has 20 heavy (non-hydrogen) atoms. The fourth-order valence-corrected chi connectivity index (χ4v) is 8.71. The molecule has 122 valence electrons. The first kappa shape index (κ1) is 20.7. The van der Waals surface area contributed by atoms with E-state index in [1.807, 2.05) is 20.8 Å². The second-order valence-corrected chi connectivity index (χ2v) is 14.6. The van der Waals surface area contributed by atoms with Gasteiger partial charge in [0.15, 0.2) is 0 Å². The Morgan fingerprint density at radius 1 is 1.00 bits per heavy atom. The van der Waals surface area contributed by atoms with E-state index in [1.165, 1.54) is 0 Å². The van der Waals surface area contributed by atoms with Gasteiger partial charge in [-0.3, -0.25) is 0 Å². The number of hydrogen-bond acceptors (Lipinski definition) is 3. The van der Waals surface area contributed by atoms with E-state index in [-0.39, 0.29) is 9.82 Å². The van der Waals surface area contributed by atoms with Crippen molar-refractivity contribution in [3.63, 3.8) is 0 Å². The van der Waals surface area contributed by atoms with Crippen molar-refractivity contribution in [2.24, 2.45) is 11.3 Å².